The van der Waals surface area contributed by atoms with Crippen molar-refractivity contribution in [3.05, 3.63) is 30.5 Å². The molecule has 0 unspecified atom stereocenters. The summed E-state index contributed by atoms with van der Waals surface area (Å²) in [6, 6.07) is 7.74. The van der Waals surface area contributed by atoms with Gasteiger partial charge in [0.25, 0.3) is 0 Å². The molecule has 4 rings (SSSR count). The van der Waals surface area contributed by atoms with Crippen LogP contribution >= 0.6 is 11.3 Å². The standard InChI is InChI=1S/C17H18N4O3S/c1-24-13-6-4-11(5-7-13)14-10-21-16(18-14)25-17(19-21)20-8-2-3-12(9-20)15(22)23/h4-7,10,12H,2-3,8-9H2,1H3,(H,22,23)/t12-/m1/s1. The Morgan fingerprint density at radius 2 is 2.16 bits per heavy atom. The molecule has 8 heteroatoms. The first-order valence-electron chi connectivity index (χ1n) is 8.12. The number of carbonyl (C=O) groups is 1. The first-order valence-corrected chi connectivity index (χ1v) is 8.94. The van der Waals surface area contributed by atoms with Crippen molar-refractivity contribution in [1.29, 1.82) is 0 Å². The normalized spacial score (nSPS) is 17.8. The number of carboxylic acid groups (broad SMARTS) is 1. The van der Waals surface area contributed by atoms with Crippen LogP contribution in [-0.4, -0.2) is 45.9 Å². The summed E-state index contributed by atoms with van der Waals surface area (Å²) in [5.41, 5.74) is 1.86. The molecule has 0 saturated carbocycles. The quantitative estimate of drug-likeness (QED) is 0.772. The number of benzene rings is 1. The summed E-state index contributed by atoms with van der Waals surface area (Å²) in [4.78, 5) is 18.7. The van der Waals surface area contributed by atoms with Gasteiger partial charge in [0, 0.05) is 18.7 Å². The molecule has 1 atom stereocenters. The van der Waals surface area contributed by atoms with Crippen LogP contribution in [0, 0.1) is 5.92 Å². The Labute approximate surface area is 148 Å². The number of fused-ring (bicyclic) bond motifs is 1. The van der Waals surface area contributed by atoms with E-state index in [1.165, 1.54) is 11.3 Å². The number of ether oxygens (including phenoxy) is 1. The average Bonchev–Trinajstić information content (AvgIpc) is 3.21. The molecule has 1 fully saturated rings. The van der Waals surface area contributed by atoms with Crippen LogP contribution in [-0.2, 0) is 4.79 Å². The highest BCUT2D eigenvalue weighted by molar-refractivity contribution is 7.20. The lowest BCUT2D eigenvalue weighted by Gasteiger charge is -2.29. The maximum Gasteiger partial charge on any atom is 0.308 e. The van der Waals surface area contributed by atoms with Crippen LogP contribution in [0.4, 0.5) is 5.13 Å². The Kier molecular flexibility index (Phi) is 4.04. The zero-order valence-corrected chi connectivity index (χ0v) is 14.6. The van der Waals surface area contributed by atoms with Crippen LogP contribution in [0.1, 0.15) is 12.8 Å². The molecule has 1 aliphatic heterocycles. The minimum atomic E-state index is -0.729. The largest absolute Gasteiger partial charge is 0.497 e. The van der Waals surface area contributed by atoms with E-state index in [-0.39, 0.29) is 5.92 Å². The molecular weight excluding hydrogens is 340 g/mol. The highest BCUT2D eigenvalue weighted by Gasteiger charge is 2.27. The van der Waals surface area contributed by atoms with Gasteiger partial charge in [-0.15, -0.1) is 5.10 Å². The molecule has 2 aromatic heterocycles. The summed E-state index contributed by atoms with van der Waals surface area (Å²) < 4.78 is 6.94. The molecule has 0 aliphatic carbocycles. The minimum absolute atomic E-state index is 0.320. The number of hydrogen-bond acceptors (Lipinski definition) is 6. The van der Waals surface area contributed by atoms with Crippen molar-refractivity contribution in [3.63, 3.8) is 0 Å². The molecule has 1 aliphatic rings. The lowest BCUT2D eigenvalue weighted by molar-refractivity contribution is -0.141. The molecule has 130 valence electrons. The summed E-state index contributed by atoms with van der Waals surface area (Å²) in [6.45, 7) is 1.35. The molecular formula is C17H18N4O3S. The highest BCUT2D eigenvalue weighted by Crippen LogP contribution is 2.30. The Bertz CT molecular complexity index is 871. The second kappa shape index (κ2) is 6.36. The monoisotopic (exact) mass is 358 g/mol. The van der Waals surface area contributed by atoms with Crippen LogP contribution in [0.5, 0.6) is 5.75 Å². The van der Waals surface area contributed by atoms with Crippen molar-refractivity contribution in [2.75, 3.05) is 25.1 Å². The molecule has 0 radical (unpaired) electrons. The van der Waals surface area contributed by atoms with Gasteiger partial charge in [0.05, 0.1) is 24.9 Å². The predicted octanol–water partition coefficient (Wildman–Crippen LogP) is 2.77. The van der Waals surface area contributed by atoms with Gasteiger partial charge in [-0.3, -0.25) is 4.79 Å². The topological polar surface area (TPSA) is 80.0 Å². The molecule has 0 amide bonds. The predicted molar refractivity (Wildman–Crippen MR) is 95.4 cm³/mol. The molecule has 0 spiro atoms. The second-order valence-electron chi connectivity index (χ2n) is 6.09. The van der Waals surface area contributed by atoms with Crippen LogP contribution in [0.15, 0.2) is 30.5 Å². The van der Waals surface area contributed by atoms with Crippen molar-refractivity contribution in [1.82, 2.24) is 14.6 Å². The summed E-state index contributed by atoms with van der Waals surface area (Å²) in [5.74, 6) is -0.240. The van der Waals surface area contributed by atoms with E-state index in [4.69, 9.17) is 4.74 Å². The maximum atomic E-state index is 11.2. The molecule has 1 saturated heterocycles. The zero-order valence-electron chi connectivity index (χ0n) is 13.8. The lowest BCUT2D eigenvalue weighted by atomic mass is 9.99. The number of rotatable bonds is 4. The third kappa shape index (κ3) is 3.05. The van der Waals surface area contributed by atoms with Gasteiger partial charge in [-0.05, 0) is 37.1 Å². The van der Waals surface area contributed by atoms with Gasteiger partial charge in [0.15, 0.2) is 0 Å². The van der Waals surface area contributed by atoms with Gasteiger partial charge in [0.1, 0.15) is 5.75 Å². The minimum Gasteiger partial charge on any atom is -0.497 e. The van der Waals surface area contributed by atoms with Crippen LogP contribution in [0.3, 0.4) is 0 Å². The summed E-state index contributed by atoms with van der Waals surface area (Å²) in [7, 11) is 1.64. The molecule has 0 bridgehead atoms. The Hall–Kier alpha value is -2.61. The van der Waals surface area contributed by atoms with Gasteiger partial charge < -0.3 is 14.7 Å². The fraction of sp³-hybridized carbons (Fsp3) is 0.353. The fourth-order valence-electron chi connectivity index (χ4n) is 3.07. The second-order valence-corrected chi connectivity index (χ2v) is 7.02. The maximum absolute atomic E-state index is 11.2. The van der Waals surface area contributed by atoms with E-state index < -0.39 is 5.97 Å². The molecule has 3 heterocycles. The number of imidazole rings is 1. The molecule has 1 aromatic carbocycles. The zero-order chi connectivity index (χ0) is 17.4. The number of carboxylic acids is 1. The van der Waals surface area contributed by atoms with Gasteiger partial charge in [0.2, 0.25) is 10.1 Å². The number of anilines is 1. The number of aromatic nitrogens is 3. The Morgan fingerprint density at radius 3 is 2.84 bits per heavy atom. The van der Waals surface area contributed by atoms with Crippen molar-refractivity contribution in [2.24, 2.45) is 5.92 Å². The van der Waals surface area contributed by atoms with Crippen LogP contribution < -0.4 is 9.64 Å². The first kappa shape index (κ1) is 15.9. The van der Waals surface area contributed by atoms with Crippen molar-refractivity contribution in [2.45, 2.75) is 12.8 Å². The first-order chi connectivity index (χ1) is 12.1. The van der Waals surface area contributed by atoms with Gasteiger partial charge in [-0.1, -0.05) is 11.3 Å². The molecule has 3 aromatic rings. The van der Waals surface area contributed by atoms with Crippen LogP contribution in [0.25, 0.3) is 16.2 Å². The number of hydrogen-bond donors (Lipinski definition) is 1. The van der Waals surface area contributed by atoms with E-state index in [1.807, 2.05) is 30.5 Å². The highest BCUT2D eigenvalue weighted by atomic mass is 32.1. The smallest absolute Gasteiger partial charge is 0.308 e. The van der Waals surface area contributed by atoms with Gasteiger partial charge >= 0.3 is 5.97 Å². The van der Waals surface area contributed by atoms with Crippen molar-refractivity contribution in [3.8, 4) is 17.0 Å². The van der Waals surface area contributed by atoms with E-state index in [0.717, 1.165) is 46.5 Å². The fourth-order valence-corrected chi connectivity index (χ4v) is 3.99. The molecule has 7 nitrogen and oxygen atoms in total. The summed E-state index contributed by atoms with van der Waals surface area (Å²) >= 11 is 1.49. The van der Waals surface area contributed by atoms with E-state index in [1.54, 1.807) is 11.6 Å². The summed E-state index contributed by atoms with van der Waals surface area (Å²) in [6.07, 6.45) is 3.50. The van der Waals surface area contributed by atoms with Crippen LogP contribution in [0.2, 0.25) is 0 Å². The Balaban J connectivity index is 1.57. The molecule has 25 heavy (non-hydrogen) atoms. The van der Waals surface area contributed by atoms with Crippen molar-refractivity contribution >= 4 is 27.4 Å². The molecule has 1 N–H and O–H groups in total. The number of aliphatic carboxylic acids is 1. The lowest BCUT2D eigenvalue weighted by Crippen LogP contribution is -2.38. The number of piperidine rings is 1. The van der Waals surface area contributed by atoms with Crippen molar-refractivity contribution < 1.29 is 14.6 Å². The van der Waals surface area contributed by atoms with E-state index in [0.29, 0.717) is 6.54 Å². The third-order valence-corrected chi connectivity index (χ3v) is 5.44. The third-order valence-electron chi connectivity index (χ3n) is 4.46. The average molecular weight is 358 g/mol. The number of methoxy groups -OCH3 is 1. The van der Waals surface area contributed by atoms with E-state index in [9.17, 15) is 9.90 Å². The number of nitrogens with zero attached hydrogens (tertiary/aromatic N) is 4. The SMILES string of the molecule is COc1ccc(-c2cn3nc(N4CCC[C@@H](C(=O)O)C4)sc3n2)cc1. The van der Waals surface area contributed by atoms with E-state index in [2.05, 4.69) is 15.0 Å². The Morgan fingerprint density at radius 1 is 1.36 bits per heavy atom. The van der Waals surface area contributed by atoms with Gasteiger partial charge in [-0.25, -0.2) is 9.50 Å². The van der Waals surface area contributed by atoms with Gasteiger partial charge in [-0.2, -0.15) is 0 Å². The summed E-state index contributed by atoms with van der Waals surface area (Å²) in [5, 5.41) is 14.7. The van der Waals surface area contributed by atoms with E-state index >= 15 is 0 Å².